The number of hydrogen-bond donors (Lipinski definition) is 2. The molecule has 7 nitrogen and oxygen atoms in total. The Morgan fingerprint density at radius 3 is 2.55 bits per heavy atom. The first-order valence-electron chi connectivity index (χ1n) is 10.7. The summed E-state index contributed by atoms with van der Waals surface area (Å²) >= 11 is 12.3. The van der Waals surface area contributed by atoms with Gasteiger partial charge in [0.25, 0.3) is 0 Å². The molecule has 0 bridgehead atoms. The number of halogens is 2. The van der Waals surface area contributed by atoms with Crippen LogP contribution in [0, 0.1) is 5.92 Å². The third kappa shape index (κ3) is 4.51. The van der Waals surface area contributed by atoms with E-state index in [-0.39, 0.29) is 11.9 Å². The first-order valence-corrected chi connectivity index (χ1v) is 11.4. The minimum atomic E-state index is -1.20. The van der Waals surface area contributed by atoms with Crippen molar-refractivity contribution in [3.8, 4) is 11.4 Å². The molecule has 2 heterocycles. The standard InChI is InChI=1S/C24H21Cl2N5O2/c1-13(15-7-8-15)27-20-19-21(29-22(28-20)24(32)33)30-23(16-3-2-4-18(26)11-16)31(19)12-14-5-9-17(25)10-6-14/h2-6,9-11,13,15H,7-8,12H2,1H3,(H,32,33)(H,27,28,29). The maximum atomic E-state index is 11.7. The van der Waals surface area contributed by atoms with Crippen LogP contribution < -0.4 is 5.32 Å². The minimum Gasteiger partial charge on any atom is -0.475 e. The summed E-state index contributed by atoms with van der Waals surface area (Å²) in [5.41, 5.74) is 2.77. The molecule has 1 unspecified atom stereocenters. The van der Waals surface area contributed by atoms with Gasteiger partial charge in [-0.3, -0.25) is 0 Å². The zero-order valence-electron chi connectivity index (χ0n) is 17.8. The molecule has 5 rings (SSSR count). The maximum Gasteiger partial charge on any atom is 0.374 e. The molecule has 0 spiro atoms. The van der Waals surface area contributed by atoms with Gasteiger partial charge in [-0.1, -0.05) is 47.5 Å². The predicted molar refractivity (Wildman–Crippen MR) is 129 cm³/mol. The number of hydrogen-bond acceptors (Lipinski definition) is 5. The Bertz CT molecular complexity index is 1350. The second kappa shape index (κ2) is 8.65. The van der Waals surface area contributed by atoms with Crippen LogP contribution in [0.2, 0.25) is 10.0 Å². The predicted octanol–water partition coefficient (Wildman–Crippen LogP) is 5.76. The van der Waals surface area contributed by atoms with Gasteiger partial charge in [-0.15, -0.1) is 0 Å². The lowest BCUT2D eigenvalue weighted by Gasteiger charge is -2.17. The number of carbonyl (C=O) groups is 1. The van der Waals surface area contributed by atoms with Gasteiger partial charge in [0, 0.05) is 28.2 Å². The number of benzene rings is 2. The van der Waals surface area contributed by atoms with Crippen molar-refractivity contribution in [2.75, 3.05) is 5.32 Å². The molecule has 1 atom stereocenters. The Morgan fingerprint density at radius 2 is 1.88 bits per heavy atom. The Morgan fingerprint density at radius 1 is 1.12 bits per heavy atom. The van der Waals surface area contributed by atoms with Crippen molar-refractivity contribution in [3.63, 3.8) is 0 Å². The van der Waals surface area contributed by atoms with Crippen molar-refractivity contribution in [3.05, 3.63) is 70.0 Å². The SMILES string of the molecule is CC(Nc1nc(C(=O)O)nc2nc(-c3cccc(Cl)c3)n(Cc3ccc(Cl)cc3)c12)C1CC1. The van der Waals surface area contributed by atoms with Crippen LogP contribution in [-0.2, 0) is 6.54 Å². The third-order valence-electron chi connectivity index (χ3n) is 5.82. The van der Waals surface area contributed by atoms with Gasteiger partial charge in [0.1, 0.15) is 11.3 Å². The van der Waals surface area contributed by atoms with Crippen molar-refractivity contribution in [1.29, 1.82) is 0 Å². The summed E-state index contributed by atoms with van der Waals surface area (Å²) in [5.74, 6) is 0.147. The van der Waals surface area contributed by atoms with Gasteiger partial charge in [-0.2, -0.15) is 0 Å². The zero-order chi connectivity index (χ0) is 23.1. The van der Waals surface area contributed by atoms with E-state index in [2.05, 4.69) is 22.2 Å². The van der Waals surface area contributed by atoms with E-state index in [9.17, 15) is 9.90 Å². The molecular weight excluding hydrogens is 461 g/mol. The number of aromatic nitrogens is 4. The first kappa shape index (κ1) is 21.7. The number of nitrogens with zero attached hydrogens (tertiary/aromatic N) is 4. The monoisotopic (exact) mass is 481 g/mol. The fraction of sp³-hybridized carbons (Fsp3) is 0.250. The second-order valence-electron chi connectivity index (χ2n) is 8.30. The van der Waals surface area contributed by atoms with E-state index in [0.717, 1.165) is 24.0 Å². The lowest BCUT2D eigenvalue weighted by molar-refractivity contribution is 0.0684. The number of anilines is 1. The van der Waals surface area contributed by atoms with Crippen LogP contribution in [0.25, 0.3) is 22.6 Å². The number of rotatable bonds is 7. The lowest BCUT2D eigenvalue weighted by Crippen LogP contribution is -2.20. The van der Waals surface area contributed by atoms with E-state index < -0.39 is 5.97 Å². The molecule has 1 fully saturated rings. The van der Waals surface area contributed by atoms with Crippen LogP contribution in [0.1, 0.15) is 35.9 Å². The quantitative estimate of drug-likeness (QED) is 0.348. The Labute approximate surface area is 200 Å². The van der Waals surface area contributed by atoms with E-state index >= 15 is 0 Å². The molecule has 1 saturated carbocycles. The molecule has 0 radical (unpaired) electrons. The van der Waals surface area contributed by atoms with E-state index in [1.807, 2.05) is 47.0 Å². The number of nitrogens with one attached hydrogen (secondary N) is 1. The molecule has 0 aliphatic heterocycles. The molecule has 1 aliphatic rings. The van der Waals surface area contributed by atoms with Gasteiger partial charge in [0.15, 0.2) is 11.5 Å². The third-order valence-corrected chi connectivity index (χ3v) is 6.31. The van der Waals surface area contributed by atoms with Gasteiger partial charge >= 0.3 is 5.97 Å². The summed E-state index contributed by atoms with van der Waals surface area (Å²) in [6, 6.07) is 15.1. The van der Waals surface area contributed by atoms with E-state index in [1.54, 1.807) is 6.07 Å². The first-order chi connectivity index (χ1) is 15.9. The average molecular weight is 482 g/mol. The summed E-state index contributed by atoms with van der Waals surface area (Å²) in [6.45, 7) is 2.56. The molecule has 0 saturated heterocycles. The summed E-state index contributed by atoms with van der Waals surface area (Å²) in [6.07, 6.45) is 2.29. The Kier molecular flexibility index (Phi) is 5.68. The molecule has 2 N–H and O–H groups in total. The van der Waals surface area contributed by atoms with Gasteiger partial charge in [-0.25, -0.2) is 19.7 Å². The molecule has 4 aromatic rings. The van der Waals surface area contributed by atoms with Crippen LogP contribution >= 0.6 is 23.2 Å². The fourth-order valence-corrected chi connectivity index (χ4v) is 4.25. The number of carboxylic acid groups (broad SMARTS) is 1. The largest absolute Gasteiger partial charge is 0.475 e. The highest BCUT2D eigenvalue weighted by molar-refractivity contribution is 6.31. The number of carboxylic acids is 1. The molecule has 1 aliphatic carbocycles. The van der Waals surface area contributed by atoms with Crippen LogP contribution in [-0.4, -0.2) is 36.6 Å². The molecular formula is C24H21Cl2N5O2. The van der Waals surface area contributed by atoms with Crippen molar-refractivity contribution in [1.82, 2.24) is 19.5 Å². The Balaban J connectivity index is 1.73. The topological polar surface area (TPSA) is 92.9 Å². The van der Waals surface area contributed by atoms with Crippen LogP contribution in [0.3, 0.4) is 0 Å². The van der Waals surface area contributed by atoms with E-state index in [4.69, 9.17) is 28.2 Å². The second-order valence-corrected chi connectivity index (χ2v) is 9.17. The lowest BCUT2D eigenvalue weighted by atomic mass is 10.2. The smallest absolute Gasteiger partial charge is 0.374 e. The summed E-state index contributed by atoms with van der Waals surface area (Å²) in [4.78, 5) is 25.1. The molecule has 0 amide bonds. The fourth-order valence-electron chi connectivity index (χ4n) is 3.94. The van der Waals surface area contributed by atoms with Crippen LogP contribution in [0.15, 0.2) is 48.5 Å². The molecule has 33 heavy (non-hydrogen) atoms. The van der Waals surface area contributed by atoms with Crippen molar-refractivity contribution in [2.45, 2.75) is 32.4 Å². The van der Waals surface area contributed by atoms with Crippen LogP contribution in [0.4, 0.5) is 5.82 Å². The molecule has 2 aromatic carbocycles. The van der Waals surface area contributed by atoms with E-state index in [0.29, 0.717) is 45.3 Å². The van der Waals surface area contributed by atoms with Crippen molar-refractivity contribution in [2.24, 2.45) is 5.92 Å². The molecule has 2 aromatic heterocycles. The van der Waals surface area contributed by atoms with E-state index in [1.165, 1.54) is 0 Å². The zero-order valence-corrected chi connectivity index (χ0v) is 19.3. The van der Waals surface area contributed by atoms with Gasteiger partial charge in [0.2, 0.25) is 5.82 Å². The van der Waals surface area contributed by atoms with Crippen molar-refractivity contribution >= 4 is 46.2 Å². The normalized spacial score (nSPS) is 14.4. The number of fused-ring (bicyclic) bond motifs is 1. The summed E-state index contributed by atoms with van der Waals surface area (Å²) in [7, 11) is 0. The van der Waals surface area contributed by atoms with Gasteiger partial charge in [-0.05, 0) is 55.5 Å². The highest BCUT2D eigenvalue weighted by Gasteiger charge is 2.30. The van der Waals surface area contributed by atoms with Crippen LogP contribution in [0.5, 0.6) is 0 Å². The highest BCUT2D eigenvalue weighted by Crippen LogP contribution is 2.36. The van der Waals surface area contributed by atoms with Gasteiger partial charge in [0.05, 0.1) is 0 Å². The summed E-state index contributed by atoms with van der Waals surface area (Å²) < 4.78 is 2.00. The average Bonchev–Trinajstić information content (AvgIpc) is 3.57. The van der Waals surface area contributed by atoms with Gasteiger partial charge < -0.3 is 15.0 Å². The highest BCUT2D eigenvalue weighted by atomic mass is 35.5. The molecule has 9 heteroatoms. The maximum absolute atomic E-state index is 11.7. The number of imidazole rings is 1. The minimum absolute atomic E-state index is 0.151. The Hall–Kier alpha value is -3.16. The number of aromatic carboxylic acids is 1. The molecule has 168 valence electrons. The summed E-state index contributed by atoms with van der Waals surface area (Å²) in [5, 5.41) is 14.3. The van der Waals surface area contributed by atoms with Crippen molar-refractivity contribution < 1.29 is 9.90 Å².